The average Bonchev–Trinajstić information content (AvgIpc) is 3.52. The Morgan fingerprint density at radius 1 is 1.18 bits per heavy atom. The van der Waals surface area contributed by atoms with Gasteiger partial charge in [0.15, 0.2) is 11.6 Å². The summed E-state index contributed by atoms with van der Waals surface area (Å²) in [5.74, 6) is 1.94. The van der Waals surface area contributed by atoms with Crippen LogP contribution in [-0.2, 0) is 9.53 Å². The van der Waals surface area contributed by atoms with Gasteiger partial charge < -0.3 is 29.7 Å². The van der Waals surface area contributed by atoms with E-state index in [1.54, 1.807) is 12.3 Å². The van der Waals surface area contributed by atoms with Crippen LogP contribution in [0.25, 0.3) is 22.2 Å². The number of hydrogen-bond donors (Lipinski definition) is 2. The Hall–Kier alpha value is -3.22. The van der Waals surface area contributed by atoms with Gasteiger partial charge in [-0.1, -0.05) is 29.8 Å². The number of hydrogen-bond acceptors (Lipinski definition) is 11. The molecular weight excluding hydrogens is 617 g/mol. The van der Waals surface area contributed by atoms with Gasteiger partial charge >= 0.3 is 0 Å². The Morgan fingerprint density at radius 3 is 2.60 bits per heavy atom. The van der Waals surface area contributed by atoms with Gasteiger partial charge in [-0.05, 0) is 51.5 Å². The van der Waals surface area contributed by atoms with Crippen molar-refractivity contribution in [1.82, 2.24) is 24.8 Å². The molecular formula is C32H41Cl2N7O4. The SMILES string of the molecule is C=CC(=O)C[C@H]1CCOC[C@H]1Nc1ncc2cc(-c3c(Cl)c(OC)cc(OC)c3Cl)nc(NCCN3CCC(N(C)C)C3)c2n1. The molecule has 2 fully saturated rings. The fourth-order valence-corrected chi connectivity index (χ4v) is 6.63. The zero-order chi connectivity index (χ0) is 32.1. The maximum Gasteiger partial charge on any atom is 0.223 e. The molecule has 0 bridgehead atoms. The highest BCUT2D eigenvalue weighted by molar-refractivity contribution is 6.41. The van der Waals surface area contributed by atoms with E-state index in [9.17, 15) is 4.79 Å². The number of fused-ring (bicyclic) bond motifs is 1. The summed E-state index contributed by atoms with van der Waals surface area (Å²) in [6.07, 6.45) is 5.42. The van der Waals surface area contributed by atoms with E-state index in [-0.39, 0.29) is 17.7 Å². The Labute approximate surface area is 274 Å². The third kappa shape index (κ3) is 7.61. The first-order valence-corrected chi connectivity index (χ1v) is 15.9. The van der Waals surface area contributed by atoms with Crippen molar-refractivity contribution in [3.63, 3.8) is 0 Å². The topological polar surface area (TPSA) is 114 Å². The van der Waals surface area contributed by atoms with E-state index in [0.29, 0.717) is 82.3 Å². The summed E-state index contributed by atoms with van der Waals surface area (Å²) in [6.45, 7) is 8.26. The first-order valence-electron chi connectivity index (χ1n) is 15.1. The molecule has 2 N–H and O–H groups in total. The van der Waals surface area contributed by atoms with Crippen molar-refractivity contribution in [2.75, 3.05) is 78.3 Å². The lowest BCUT2D eigenvalue weighted by molar-refractivity contribution is -0.116. The van der Waals surface area contributed by atoms with Crippen molar-refractivity contribution < 1.29 is 19.0 Å². The number of halogens is 2. The van der Waals surface area contributed by atoms with Gasteiger partial charge in [0.25, 0.3) is 0 Å². The van der Waals surface area contributed by atoms with E-state index in [1.807, 2.05) is 6.07 Å². The number of nitrogens with one attached hydrogen (secondary N) is 2. The van der Waals surface area contributed by atoms with Gasteiger partial charge in [-0.2, -0.15) is 0 Å². The zero-order valence-electron chi connectivity index (χ0n) is 26.2. The number of aromatic nitrogens is 3. The molecule has 0 radical (unpaired) electrons. The predicted molar refractivity (Wildman–Crippen MR) is 179 cm³/mol. The summed E-state index contributed by atoms with van der Waals surface area (Å²) in [7, 11) is 7.33. The van der Waals surface area contributed by atoms with Gasteiger partial charge in [-0.3, -0.25) is 9.69 Å². The highest BCUT2D eigenvalue weighted by Gasteiger charge is 2.29. The van der Waals surface area contributed by atoms with Crippen LogP contribution in [-0.4, -0.2) is 110 Å². The van der Waals surface area contributed by atoms with Crippen LogP contribution in [0.1, 0.15) is 19.3 Å². The Kier molecular flexibility index (Phi) is 11.0. The number of likely N-dealkylation sites (tertiary alicyclic amines) is 1. The molecule has 0 aliphatic carbocycles. The Balaban J connectivity index is 1.49. The smallest absolute Gasteiger partial charge is 0.223 e. The second kappa shape index (κ2) is 14.9. The molecule has 4 heterocycles. The highest BCUT2D eigenvalue weighted by atomic mass is 35.5. The average molecular weight is 659 g/mol. The minimum atomic E-state index is -0.120. The van der Waals surface area contributed by atoms with E-state index in [1.165, 1.54) is 20.3 Å². The normalized spacial score (nSPS) is 20.4. The number of carbonyl (C=O) groups is 1. The standard InChI is InChI=1S/C32H41Cl2N7O4/c1-6-22(42)13-19-8-12-45-18-24(19)38-32-36-16-20-14-23(27-28(33)25(43-4)15-26(44-5)29(27)34)37-31(30(20)39-32)35-9-11-41-10-7-21(17-41)40(2)3/h6,14-16,19,21,24H,1,7-13,17-18H2,2-5H3,(H,35,37)(H,36,38,39)/t19-,21?,24-/m1/s1. The number of rotatable bonds is 13. The molecule has 1 aromatic carbocycles. The summed E-state index contributed by atoms with van der Waals surface area (Å²) in [5.41, 5.74) is 1.66. The molecule has 3 aromatic rings. The van der Waals surface area contributed by atoms with Crippen LogP contribution >= 0.6 is 23.2 Å². The van der Waals surface area contributed by atoms with Gasteiger partial charge in [-0.25, -0.2) is 15.0 Å². The van der Waals surface area contributed by atoms with E-state index < -0.39 is 0 Å². The summed E-state index contributed by atoms with van der Waals surface area (Å²) in [5, 5.41) is 8.33. The number of methoxy groups -OCH3 is 2. The summed E-state index contributed by atoms with van der Waals surface area (Å²) < 4.78 is 16.7. The zero-order valence-corrected chi connectivity index (χ0v) is 27.7. The summed E-state index contributed by atoms with van der Waals surface area (Å²) >= 11 is 13.6. The monoisotopic (exact) mass is 657 g/mol. The predicted octanol–water partition coefficient (Wildman–Crippen LogP) is 5.03. The number of allylic oxidation sites excluding steroid dienone is 1. The lowest BCUT2D eigenvalue weighted by Crippen LogP contribution is -2.40. The van der Waals surface area contributed by atoms with Gasteiger partial charge in [0.2, 0.25) is 5.95 Å². The van der Waals surface area contributed by atoms with Crippen LogP contribution in [0.4, 0.5) is 11.8 Å². The third-order valence-corrected chi connectivity index (χ3v) is 9.35. The van der Waals surface area contributed by atoms with Crippen LogP contribution in [0, 0.1) is 5.92 Å². The van der Waals surface area contributed by atoms with Crippen molar-refractivity contribution >= 4 is 51.7 Å². The molecule has 2 aliphatic rings. The van der Waals surface area contributed by atoms with Crippen LogP contribution in [0.2, 0.25) is 10.0 Å². The van der Waals surface area contributed by atoms with Crippen LogP contribution in [0.15, 0.2) is 31.0 Å². The molecule has 2 aliphatic heterocycles. The molecule has 3 atom stereocenters. The quantitative estimate of drug-likeness (QED) is 0.241. The van der Waals surface area contributed by atoms with E-state index in [4.69, 9.17) is 47.4 Å². The largest absolute Gasteiger partial charge is 0.495 e. The van der Waals surface area contributed by atoms with Crippen LogP contribution < -0.4 is 20.1 Å². The first kappa shape index (κ1) is 33.2. The molecule has 13 heteroatoms. The number of carbonyl (C=O) groups excluding carboxylic acids is 1. The lowest BCUT2D eigenvalue weighted by atomic mass is 9.90. The minimum Gasteiger partial charge on any atom is -0.495 e. The molecule has 1 unspecified atom stereocenters. The molecule has 242 valence electrons. The van der Waals surface area contributed by atoms with Crippen molar-refractivity contribution in [2.24, 2.45) is 5.92 Å². The van der Waals surface area contributed by atoms with Crippen LogP contribution in [0.5, 0.6) is 11.5 Å². The minimum absolute atomic E-state index is 0.0118. The Morgan fingerprint density at radius 2 is 1.93 bits per heavy atom. The van der Waals surface area contributed by atoms with Crippen LogP contribution in [0.3, 0.4) is 0 Å². The maximum absolute atomic E-state index is 12.1. The number of anilines is 2. The summed E-state index contributed by atoms with van der Waals surface area (Å²) in [4.78, 5) is 31.4. The van der Waals surface area contributed by atoms with Crippen molar-refractivity contribution in [3.8, 4) is 22.8 Å². The molecule has 11 nitrogen and oxygen atoms in total. The number of likely N-dealkylation sites (N-methyl/N-ethyl adjacent to an activating group) is 1. The fourth-order valence-electron chi connectivity index (χ4n) is 5.93. The third-order valence-electron chi connectivity index (χ3n) is 8.60. The van der Waals surface area contributed by atoms with Gasteiger partial charge in [0, 0.05) is 61.9 Å². The fraction of sp³-hybridized carbons (Fsp3) is 0.500. The second-order valence-corrected chi connectivity index (χ2v) is 12.4. The number of ketones is 1. The second-order valence-electron chi connectivity index (χ2n) is 11.7. The van der Waals surface area contributed by atoms with E-state index in [2.05, 4.69) is 46.1 Å². The van der Waals surface area contributed by atoms with Crippen molar-refractivity contribution in [3.05, 3.63) is 41.0 Å². The van der Waals surface area contributed by atoms with E-state index in [0.717, 1.165) is 37.9 Å². The number of pyridine rings is 1. The molecule has 0 amide bonds. The first-order chi connectivity index (χ1) is 21.7. The summed E-state index contributed by atoms with van der Waals surface area (Å²) in [6, 6.07) is 3.94. The van der Waals surface area contributed by atoms with Crippen molar-refractivity contribution in [2.45, 2.75) is 31.3 Å². The molecule has 5 rings (SSSR count). The molecule has 2 aromatic heterocycles. The lowest BCUT2D eigenvalue weighted by Gasteiger charge is -2.31. The van der Waals surface area contributed by atoms with E-state index >= 15 is 0 Å². The highest BCUT2D eigenvalue weighted by Crippen LogP contribution is 2.46. The van der Waals surface area contributed by atoms with Gasteiger partial charge in [0.1, 0.15) is 17.0 Å². The maximum atomic E-state index is 12.1. The molecule has 2 saturated heterocycles. The van der Waals surface area contributed by atoms with Gasteiger partial charge in [-0.15, -0.1) is 0 Å². The van der Waals surface area contributed by atoms with Crippen molar-refractivity contribution in [1.29, 1.82) is 0 Å². The number of benzene rings is 1. The number of ether oxygens (including phenoxy) is 3. The molecule has 0 spiro atoms. The molecule has 0 saturated carbocycles. The molecule has 45 heavy (non-hydrogen) atoms. The van der Waals surface area contributed by atoms with Gasteiger partial charge in [0.05, 0.1) is 42.6 Å². The number of nitrogens with zero attached hydrogens (tertiary/aromatic N) is 5. The Bertz CT molecular complexity index is 1510.